The molecule has 2 atom stereocenters. The summed E-state index contributed by atoms with van der Waals surface area (Å²) in [7, 11) is 0. The number of hydrogen-bond acceptors (Lipinski definition) is 5. The summed E-state index contributed by atoms with van der Waals surface area (Å²) in [6.07, 6.45) is 0.638. The summed E-state index contributed by atoms with van der Waals surface area (Å²) in [4.78, 5) is 13.0. The molecule has 6 heteroatoms. The number of carboxylic acids is 1. The Balaban J connectivity index is 1.70. The van der Waals surface area contributed by atoms with Crippen molar-refractivity contribution < 1.29 is 24.5 Å². The molecule has 23 heavy (non-hydrogen) atoms. The molecule has 1 fully saturated rings. The van der Waals surface area contributed by atoms with Gasteiger partial charge in [-0.25, -0.2) is 0 Å². The van der Waals surface area contributed by atoms with Gasteiger partial charge in [0.05, 0.1) is 18.6 Å². The van der Waals surface area contributed by atoms with Gasteiger partial charge >= 0.3 is 5.97 Å². The Labute approximate surface area is 136 Å². The molecule has 2 N–H and O–H groups in total. The van der Waals surface area contributed by atoms with Crippen LogP contribution in [0.1, 0.15) is 19.8 Å². The van der Waals surface area contributed by atoms with E-state index in [0.717, 1.165) is 17.9 Å². The molecule has 1 heterocycles. The number of rotatable bonds is 8. The second-order valence-electron chi connectivity index (χ2n) is 5.77. The maximum atomic E-state index is 11.0. The predicted molar refractivity (Wildman–Crippen MR) is 85.9 cm³/mol. The van der Waals surface area contributed by atoms with Crippen molar-refractivity contribution in [1.29, 1.82) is 0 Å². The summed E-state index contributed by atoms with van der Waals surface area (Å²) >= 11 is 0. The van der Waals surface area contributed by atoms with Crippen molar-refractivity contribution in [1.82, 2.24) is 4.90 Å². The molecule has 0 aromatic heterocycles. The van der Waals surface area contributed by atoms with Crippen molar-refractivity contribution in [2.45, 2.75) is 25.9 Å². The fourth-order valence-electron chi connectivity index (χ4n) is 2.63. The minimum absolute atomic E-state index is 0.379. The first kappa shape index (κ1) is 17.6. The number of nitrogens with zero attached hydrogens (tertiary/aromatic N) is 1. The Bertz CT molecular complexity index is 490. The van der Waals surface area contributed by atoms with E-state index >= 15 is 0 Å². The van der Waals surface area contributed by atoms with Crippen molar-refractivity contribution in [2.75, 3.05) is 32.8 Å². The molecule has 1 aliphatic rings. The van der Waals surface area contributed by atoms with E-state index in [9.17, 15) is 9.90 Å². The topological polar surface area (TPSA) is 79.2 Å². The number of aliphatic hydroxyl groups is 1. The van der Waals surface area contributed by atoms with Crippen LogP contribution in [0.2, 0.25) is 0 Å². The molecule has 6 nitrogen and oxygen atoms in total. The molecule has 2 rings (SSSR count). The number of benzene rings is 1. The zero-order valence-corrected chi connectivity index (χ0v) is 13.5. The van der Waals surface area contributed by atoms with E-state index in [2.05, 4.69) is 6.92 Å². The van der Waals surface area contributed by atoms with Gasteiger partial charge < -0.3 is 19.7 Å². The van der Waals surface area contributed by atoms with Gasteiger partial charge in [-0.05, 0) is 43.7 Å². The van der Waals surface area contributed by atoms with E-state index in [-0.39, 0.29) is 0 Å². The maximum absolute atomic E-state index is 11.0. The van der Waals surface area contributed by atoms with Gasteiger partial charge in [0.1, 0.15) is 18.1 Å². The summed E-state index contributed by atoms with van der Waals surface area (Å²) in [5, 5.41) is 18.8. The highest BCUT2D eigenvalue weighted by atomic mass is 16.5. The number of aliphatic carboxylic acids is 1. The third-order valence-corrected chi connectivity index (χ3v) is 3.96. The van der Waals surface area contributed by atoms with Crippen LogP contribution >= 0.6 is 0 Å². The lowest BCUT2D eigenvalue weighted by atomic mass is 9.94. The van der Waals surface area contributed by atoms with Gasteiger partial charge in [0.15, 0.2) is 0 Å². The second kappa shape index (κ2) is 8.74. The highest BCUT2D eigenvalue weighted by Gasteiger charge is 2.32. The number of piperidine rings is 1. The van der Waals surface area contributed by atoms with Crippen molar-refractivity contribution >= 4 is 5.97 Å². The summed E-state index contributed by atoms with van der Waals surface area (Å²) < 4.78 is 11.2. The minimum atomic E-state index is -0.918. The predicted octanol–water partition coefficient (Wildman–Crippen LogP) is 1.62. The van der Waals surface area contributed by atoms with Crippen molar-refractivity contribution in [3.63, 3.8) is 0 Å². The SMILES string of the molecule is CCCOc1ccc(OCCN2CC[C@H](C(=O)O)[C@H](O)C2)cc1. The van der Waals surface area contributed by atoms with Crippen LogP contribution in [0.4, 0.5) is 0 Å². The number of ether oxygens (including phenoxy) is 2. The number of β-amino-alcohol motifs (C(OH)–C–C–N with tert-alkyl or cyclic N) is 1. The first-order valence-electron chi connectivity index (χ1n) is 8.09. The van der Waals surface area contributed by atoms with Crippen LogP contribution in [0.3, 0.4) is 0 Å². The fourth-order valence-corrected chi connectivity index (χ4v) is 2.63. The van der Waals surface area contributed by atoms with Crippen LogP contribution in [0, 0.1) is 5.92 Å². The van der Waals surface area contributed by atoms with E-state index < -0.39 is 18.0 Å². The normalized spacial score (nSPS) is 21.8. The summed E-state index contributed by atoms with van der Waals surface area (Å²) in [5.41, 5.74) is 0. The number of carboxylic acid groups (broad SMARTS) is 1. The number of aliphatic hydroxyl groups excluding tert-OH is 1. The third-order valence-electron chi connectivity index (χ3n) is 3.96. The molecule has 1 saturated heterocycles. The number of hydrogen-bond donors (Lipinski definition) is 2. The largest absolute Gasteiger partial charge is 0.494 e. The van der Waals surface area contributed by atoms with Gasteiger partial charge in [-0.15, -0.1) is 0 Å². The van der Waals surface area contributed by atoms with Crippen molar-refractivity contribution in [2.24, 2.45) is 5.92 Å². The van der Waals surface area contributed by atoms with Gasteiger partial charge in [-0.2, -0.15) is 0 Å². The first-order chi connectivity index (χ1) is 11.1. The van der Waals surface area contributed by atoms with Gasteiger partial charge in [-0.1, -0.05) is 6.92 Å². The van der Waals surface area contributed by atoms with E-state index in [0.29, 0.717) is 39.3 Å². The van der Waals surface area contributed by atoms with E-state index in [1.807, 2.05) is 29.2 Å². The molecule has 0 spiro atoms. The van der Waals surface area contributed by atoms with E-state index in [4.69, 9.17) is 14.6 Å². The first-order valence-corrected chi connectivity index (χ1v) is 8.09. The van der Waals surface area contributed by atoms with Gasteiger partial charge in [0, 0.05) is 13.1 Å². The standard InChI is InChI=1S/C17H25NO5/c1-2-10-22-13-3-5-14(6-4-13)23-11-9-18-8-7-15(17(20)21)16(19)12-18/h3-6,15-16,19H,2,7-12H2,1H3,(H,20,21)/t15-,16+/m0/s1. The van der Waals surface area contributed by atoms with Crippen LogP contribution in [0.15, 0.2) is 24.3 Å². The molecule has 1 aliphatic heterocycles. The average molecular weight is 323 g/mol. The van der Waals surface area contributed by atoms with Crippen LogP contribution in [-0.4, -0.2) is 60.0 Å². The monoisotopic (exact) mass is 323 g/mol. The summed E-state index contributed by atoms with van der Waals surface area (Å²) in [6.45, 7) is 4.98. The molecule has 0 amide bonds. The van der Waals surface area contributed by atoms with E-state index in [1.54, 1.807) is 0 Å². The fraction of sp³-hybridized carbons (Fsp3) is 0.588. The second-order valence-corrected chi connectivity index (χ2v) is 5.77. The lowest BCUT2D eigenvalue weighted by Crippen LogP contribution is -2.47. The highest BCUT2D eigenvalue weighted by Crippen LogP contribution is 2.19. The summed E-state index contributed by atoms with van der Waals surface area (Å²) in [5.74, 6) is 0.0366. The molecule has 128 valence electrons. The molecule has 0 unspecified atom stereocenters. The smallest absolute Gasteiger partial charge is 0.309 e. The minimum Gasteiger partial charge on any atom is -0.494 e. The molecule has 0 bridgehead atoms. The van der Waals surface area contributed by atoms with Crippen LogP contribution < -0.4 is 9.47 Å². The van der Waals surface area contributed by atoms with Gasteiger partial charge in [-0.3, -0.25) is 9.69 Å². The Morgan fingerprint density at radius 2 is 1.83 bits per heavy atom. The average Bonchev–Trinajstić information content (AvgIpc) is 2.54. The van der Waals surface area contributed by atoms with Crippen molar-refractivity contribution in [3.05, 3.63) is 24.3 Å². The zero-order chi connectivity index (χ0) is 16.7. The van der Waals surface area contributed by atoms with Crippen LogP contribution in [0.5, 0.6) is 11.5 Å². The highest BCUT2D eigenvalue weighted by molar-refractivity contribution is 5.70. The maximum Gasteiger partial charge on any atom is 0.309 e. The van der Waals surface area contributed by atoms with Crippen molar-refractivity contribution in [3.8, 4) is 11.5 Å². The molecule has 0 radical (unpaired) electrons. The Morgan fingerprint density at radius 1 is 1.22 bits per heavy atom. The molecule has 1 aromatic carbocycles. The lowest BCUT2D eigenvalue weighted by Gasteiger charge is -2.33. The Hall–Kier alpha value is -1.79. The van der Waals surface area contributed by atoms with Crippen LogP contribution in [0.25, 0.3) is 0 Å². The third kappa shape index (κ3) is 5.41. The summed E-state index contributed by atoms with van der Waals surface area (Å²) in [6, 6.07) is 7.51. The van der Waals surface area contributed by atoms with Gasteiger partial charge in [0.2, 0.25) is 0 Å². The van der Waals surface area contributed by atoms with Crippen LogP contribution in [-0.2, 0) is 4.79 Å². The van der Waals surface area contributed by atoms with E-state index in [1.165, 1.54) is 0 Å². The lowest BCUT2D eigenvalue weighted by molar-refractivity contribution is -0.148. The molecule has 0 aliphatic carbocycles. The zero-order valence-electron chi connectivity index (χ0n) is 13.5. The Kier molecular flexibility index (Phi) is 6.67. The molecular weight excluding hydrogens is 298 g/mol. The molecule has 1 aromatic rings. The van der Waals surface area contributed by atoms with Gasteiger partial charge in [0.25, 0.3) is 0 Å². The quantitative estimate of drug-likeness (QED) is 0.757. The Morgan fingerprint density at radius 3 is 2.35 bits per heavy atom. The number of likely N-dealkylation sites (tertiary alicyclic amines) is 1. The number of carbonyl (C=O) groups is 1. The molecular formula is C17H25NO5. The molecule has 0 saturated carbocycles.